The Balaban J connectivity index is 4.32. The number of unbranched alkanes of at least 4 members (excludes halogenated alkanes) is 6. The van der Waals surface area contributed by atoms with Crippen LogP contribution in [0.5, 0.6) is 0 Å². The fraction of sp³-hybridized carbons (Fsp3) is 1.00. The first-order chi connectivity index (χ1) is 9.84. The fourth-order valence-corrected chi connectivity index (χ4v) is 4.11. The second-order valence-electron chi connectivity index (χ2n) is 8.58. The topological polar surface area (TPSA) is 0 Å². The van der Waals surface area contributed by atoms with E-state index in [-0.39, 0.29) is 0 Å². The van der Waals surface area contributed by atoms with E-state index in [0.29, 0.717) is 5.41 Å². The van der Waals surface area contributed by atoms with Crippen LogP contribution in [0.3, 0.4) is 0 Å². The van der Waals surface area contributed by atoms with Crippen molar-refractivity contribution in [3.63, 3.8) is 0 Å². The molecule has 0 aromatic rings. The lowest BCUT2D eigenvalue weighted by Gasteiger charge is -2.41. The predicted molar refractivity (Wildman–Crippen MR) is 98.8 cm³/mol. The van der Waals surface area contributed by atoms with Gasteiger partial charge in [0, 0.05) is 0 Å². The lowest BCUT2D eigenvalue weighted by molar-refractivity contribution is 0.0947. The van der Waals surface area contributed by atoms with Crippen LogP contribution in [0.15, 0.2) is 0 Å². The summed E-state index contributed by atoms with van der Waals surface area (Å²) in [5, 5.41) is 0. The molecule has 0 heteroatoms. The molecule has 0 nitrogen and oxygen atoms in total. The van der Waals surface area contributed by atoms with Gasteiger partial charge in [0.1, 0.15) is 0 Å². The minimum Gasteiger partial charge on any atom is -0.0654 e. The van der Waals surface area contributed by atoms with Gasteiger partial charge in [-0.2, -0.15) is 0 Å². The van der Waals surface area contributed by atoms with E-state index in [2.05, 4.69) is 48.5 Å². The maximum Gasteiger partial charge on any atom is -0.0270 e. The van der Waals surface area contributed by atoms with Crippen molar-refractivity contribution in [3.05, 3.63) is 0 Å². The normalized spacial score (nSPS) is 12.9. The zero-order chi connectivity index (χ0) is 16.3. The van der Waals surface area contributed by atoms with Crippen molar-refractivity contribution >= 4 is 0 Å². The second-order valence-corrected chi connectivity index (χ2v) is 8.58. The minimum atomic E-state index is 0.589. The lowest BCUT2D eigenvalue weighted by Crippen LogP contribution is -2.31. The summed E-state index contributed by atoms with van der Waals surface area (Å²) in [5.74, 6) is 2.48. The Hall–Kier alpha value is 0. The van der Waals surface area contributed by atoms with Gasteiger partial charge >= 0.3 is 0 Å². The molecule has 0 saturated carbocycles. The second kappa shape index (κ2) is 11.6. The van der Waals surface area contributed by atoms with E-state index in [1.165, 1.54) is 64.2 Å². The zero-order valence-electron chi connectivity index (χ0n) is 16.3. The summed E-state index contributed by atoms with van der Waals surface area (Å²) in [6.45, 7) is 16.8. The maximum absolute atomic E-state index is 2.46. The molecule has 0 aliphatic rings. The van der Waals surface area contributed by atoms with Crippen molar-refractivity contribution in [3.8, 4) is 0 Å². The van der Waals surface area contributed by atoms with Crippen molar-refractivity contribution in [1.29, 1.82) is 0 Å². The zero-order valence-corrected chi connectivity index (χ0v) is 16.3. The molecule has 0 heterocycles. The van der Waals surface area contributed by atoms with Gasteiger partial charge in [0.25, 0.3) is 0 Å². The fourth-order valence-electron chi connectivity index (χ4n) is 4.11. The third kappa shape index (κ3) is 9.59. The molecule has 0 fully saturated rings. The molecule has 0 radical (unpaired) electrons. The molecule has 0 saturated heterocycles. The van der Waals surface area contributed by atoms with Gasteiger partial charge in [0.05, 0.1) is 0 Å². The molecule has 0 aromatic carbocycles. The van der Waals surface area contributed by atoms with Gasteiger partial charge in [-0.05, 0) is 42.4 Å². The van der Waals surface area contributed by atoms with Crippen molar-refractivity contribution in [2.24, 2.45) is 23.2 Å². The molecule has 0 aliphatic heterocycles. The van der Waals surface area contributed by atoms with Crippen molar-refractivity contribution < 1.29 is 0 Å². The van der Waals surface area contributed by atoms with E-state index in [0.717, 1.165) is 17.8 Å². The van der Waals surface area contributed by atoms with Gasteiger partial charge in [-0.15, -0.1) is 0 Å². The number of rotatable bonds is 13. The van der Waals surface area contributed by atoms with Crippen LogP contribution in [-0.4, -0.2) is 0 Å². The standard InChI is InChI=1S/C21H44/c1-8-9-10-11-12-13-14-15-21(20(6)7,16-18(2)3)17-19(4)5/h18-20H,8-17H2,1-7H3. The summed E-state index contributed by atoms with van der Waals surface area (Å²) in [6, 6.07) is 0. The van der Waals surface area contributed by atoms with Crippen LogP contribution in [0.4, 0.5) is 0 Å². The van der Waals surface area contributed by atoms with Gasteiger partial charge in [-0.25, -0.2) is 0 Å². The third-order valence-corrected chi connectivity index (χ3v) is 5.13. The Morgan fingerprint density at radius 1 is 0.619 bits per heavy atom. The van der Waals surface area contributed by atoms with Crippen LogP contribution >= 0.6 is 0 Å². The lowest BCUT2D eigenvalue weighted by atomic mass is 9.64. The Labute approximate surface area is 136 Å². The van der Waals surface area contributed by atoms with Gasteiger partial charge in [0.15, 0.2) is 0 Å². The van der Waals surface area contributed by atoms with Crippen LogP contribution in [0.2, 0.25) is 0 Å². The molecule has 0 spiro atoms. The van der Waals surface area contributed by atoms with Gasteiger partial charge in [-0.3, -0.25) is 0 Å². The molecule has 0 amide bonds. The van der Waals surface area contributed by atoms with Crippen molar-refractivity contribution in [1.82, 2.24) is 0 Å². The molecule has 0 N–H and O–H groups in total. The first-order valence-electron chi connectivity index (χ1n) is 9.84. The Morgan fingerprint density at radius 2 is 1.05 bits per heavy atom. The Kier molecular flexibility index (Phi) is 11.6. The van der Waals surface area contributed by atoms with E-state index < -0.39 is 0 Å². The minimum absolute atomic E-state index is 0.589. The summed E-state index contributed by atoms with van der Waals surface area (Å²) < 4.78 is 0. The predicted octanol–water partition coefficient (Wildman–Crippen LogP) is 7.86. The van der Waals surface area contributed by atoms with Crippen LogP contribution in [0.25, 0.3) is 0 Å². The van der Waals surface area contributed by atoms with E-state index in [1.807, 2.05) is 0 Å². The molecule has 0 rings (SSSR count). The molecule has 0 unspecified atom stereocenters. The SMILES string of the molecule is CCCCCCCCCC(CC(C)C)(CC(C)C)C(C)C. The monoisotopic (exact) mass is 296 g/mol. The molecule has 128 valence electrons. The highest BCUT2D eigenvalue weighted by atomic mass is 14.4. The van der Waals surface area contributed by atoms with Crippen LogP contribution in [0, 0.1) is 23.2 Å². The average molecular weight is 297 g/mol. The molecule has 0 aromatic heterocycles. The van der Waals surface area contributed by atoms with Crippen molar-refractivity contribution in [2.75, 3.05) is 0 Å². The summed E-state index contributed by atoms with van der Waals surface area (Å²) in [4.78, 5) is 0. The van der Waals surface area contributed by atoms with E-state index >= 15 is 0 Å². The van der Waals surface area contributed by atoms with Gasteiger partial charge in [0.2, 0.25) is 0 Å². The average Bonchev–Trinajstić information content (AvgIpc) is 2.35. The Morgan fingerprint density at radius 3 is 1.43 bits per heavy atom. The molecular formula is C21H44. The summed E-state index contributed by atoms with van der Waals surface area (Å²) in [7, 11) is 0. The highest BCUT2D eigenvalue weighted by molar-refractivity contribution is 4.84. The van der Waals surface area contributed by atoms with E-state index in [4.69, 9.17) is 0 Å². The molecular weight excluding hydrogens is 252 g/mol. The Bertz CT molecular complexity index is 214. The number of hydrogen-bond donors (Lipinski definition) is 0. The summed E-state index contributed by atoms with van der Waals surface area (Å²) >= 11 is 0. The van der Waals surface area contributed by atoms with Gasteiger partial charge < -0.3 is 0 Å². The highest BCUT2D eigenvalue weighted by Gasteiger charge is 2.34. The maximum atomic E-state index is 2.46. The van der Waals surface area contributed by atoms with Crippen LogP contribution in [0.1, 0.15) is 113 Å². The quantitative estimate of drug-likeness (QED) is 0.303. The summed E-state index contributed by atoms with van der Waals surface area (Å²) in [5.41, 5.74) is 0.589. The molecule has 0 atom stereocenters. The smallest absolute Gasteiger partial charge is 0.0270 e. The van der Waals surface area contributed by atoms with Gasteiger partial charge in [-0.1, -0.05) is 93.4 Å². The third-order valence-electron chi connectivity index (χ3n) is 5.13. The summed E-state index contributed by atoms with van der Waals surface area (Å²) in [6.07, 6.45) is 14.3. The first-order valence-corrected chi connectivity index (χ1v) is 9.84. The van der Waals surface area contributed by atoms with Crippen LogP contribution < -0.4 is 0 Å². The first kappa shape index (κ1) is 21.0. The van der Waals surface area contributed by atoms with E-state index in [9.17, 15) is 0 Å². The van der Waals surface area contributed by atoms with Crippen molar-refractivity contribution in [2.45, 2.75) is 113 Å². The van der Waals surface area contributed by atoms with E-state index in [1.54, 1.807) is 0 Å². The molecule has 21 heavy (non-hydrogen) atoms. The van der Waals surface area contributed by atoms with Crippen LogP contribution in [-0.2, 0) is 0 Å². The molecule has 0 bridgehead atoms. The largest absolute Gasteiger partial charge is 0.0654 e. The molecule has 0 aliphatic carbocycles. The highest BCUT2D eigenvalue weighted by Crippen LogP contribution is 2.45. The number of hydrogen-bond acceptors (Lipinski definition) is 0.